The summed E-state index contributed by atoms with van der Waals surface area (Å²) in [6.07, 6.45) is 3.08. The Balaban J connectivity index is 1.68. The van der Waals surface area contributed by atoms with E-state index < -0.39 is 0 Å². The van der Waals surface area contributed by atoms with Crippen molar-refractivity contribution in [1.82, 2.24) is 0 Å². The molecule has 0 atom stereocenters. The highest BCUT2D eigenvalue weighted by atomic mass is 35.5. The monoisotopic (exact) mass is 447 g/mol. The van der Waals surface area contributed by atoms with Crippen molar-refractivity contribution in [3.8, 4) is 0 Å². The maximum Gasteiger partial charge on any atom is 0.291 e. The van der Waals surface area contributed by atoms with Crippen molar-refractivity contribution >= 4 is 69.9 Å². The second-order valence-corrected chi connectivity index (χ2v) is 10.6. The predicted octanol–water partition coefficient (Wildman–Crippen LogP) is 6.77. The number of carbonyl (C=O) groups is 1. The fourth-order valence-electron chi connectivity index (χ4n) is 3.61. The number of anilines is 1. The summed E-state index contributed by atoms with van der Waals surface area (Å²) in [7, 11) is 0. The molecule has 26 heavy (non-hydrogen) atoms. The maximum absolute atomic E-state index is 12.9. The Hall–Kier alpha value is -0.460. The summed E-state index contributed by atoms with van der Waals surface area (Å²) >= 11 is 22.1. The first-order valence-corrected chi connectivity index (χ1v) is 11.4. The molecule has 0 unspecified atom stereocenters. The highest BCUT2D eigenvalue weighted by Gasteiger charge is 2.45. The van der Waals surface area contributed by atoms with E-state index in [4.69, 9.17) is 39.2 Å². The quantitative estimate of drug-likeness (QED) is 0.515. The third-order valence-electron chi connectivity index (χ3n) is 4.73. The van der Waals surface area contributed by atoms with Crippen LogP contribution in [0.3, 0.4) is 0 Å². The molecule has 0 bridgehead atoms. The molecule has 0 radical (unpaired) electrons. The van der Waals surface area contributed by atoms with Crippen LogP contribution in [0, 0.1) is 6.92 Å². The first-order valence-electron chi connectivity index (χ1n) is 8.28. The molecule has 1 aliphatic heterocycles. The molecular weight excluding hydrogens is 433 g/mol. The van der Waals surface area contributed by atoms with Gasteiger partial charge in [-0.25, -0.2) is 0 Å². The normalized spacial score (nSPS) is 18.2. The van der Waals surface area contributed by atoms with Crippen LogP contribution in [0.2, 0.25) is 15.1 Å². The van der Waals surface area contributed by atoms with Gasteiger partial charge < -0.3 is 9.73 Å². The fourth-order valence-corrected chi connectivity index (χ4v) is 7.77. The van der Waals surface area contributed by atoms with Gasteiger partial charge >= 0.3 is 0 Å². The van der Waals surface area contributed by atoms with Crippen LogP contribution >= 0.6 is 58.3 Å². The van der Waals surface area contributed by atoms with Gasteiger partial charge in [-0.2, -0.15) is 0 Å². The van der Waals surface area contributed by atoms with Gasteiger partial charge in [0.05, 0.1) is 24.8 Å². The zero-order chi connectivity index (χ0) is 18.5. The molecule has 1 spiro atoms. The number of nitrogens with one attached hydrogen (secondary N) is 1. The second kappa shape index (κ2) is 7.17. The smallest absolute Gasteiger partial charge is 0.291 e. The van der Waals surface area contributed by atoms with E-state index in [0.717, 1.165) is 42.1 Å². The van der Waals surface area contributed by atoms with E-state index in [1.807, 2.05) is 30.4 Å². The van der Waals surface area contributed by atoms with Crippen molar-refractivity contribution in [3.05, 3.63) is 49.8 Å². The number of amides is 1. The molecule has 8 heteroatoms. The molecule has 1 aromatic heterocycles. The molecule has 3 nitrogen and oxygen atoms in total. The molecular formula is C18H16Cl3NO2S2. The number of thioether (sulfide) groups is 2. The molecule has 0 saturated carbocycles. The van der Waals surface area contributed by atoms with Gasteiger partial charge in [-0.3, -0.25) is 4.79 Å². The molecule has 1 N–H and O–H groups in total. The largest absolute Gasteiger partial charge is 0.455 e. The minimum absolute atomic E-state index is 0.0426. The van der Waals surface area contributed by atoms with Crippen molar-refractivity contribution in [3.63, 3.8) is 0 Å². The van der Waals surface area contributed by atoms with Gasteiger partial charge in [0, 0.05) is 29.1 Å². The highest BCUT2D eigenvalue weighted by Crippen LogP contribution is 2.59. The number of fused-ring (bicyclic) bond motifs is 2. The van der Waals surface area contributed by atoms with E-state index >= 15 is 0 Å². The summed E-state index contributed by atoms with van der Waals surface area (Å²) < 4.78 is 6.05. The SMILES string of the molecule is Cc1c(C(=O)Nc2cc(Cl)c(Cl)cc2Cl)oc2c1C1(CCC2)SCCS1. The first-order chi connectivity index (χ1) is 12.4. The molecule has 2 aromatic rings. The third-order valence-corrected chi connectivity index (χ3v) is 9.29. The van der Waals surface area contributed by atoms with Gasteiger partial charge in [0.1, 0.15) is 5.76 Å². The lowest BCUT2D eigenvalue weighted by molar-refractivity contribution is 0.0994. The van der Waals surface area contributed by atoms with E-state index in [1.54, 1.807) is 6.07 Å². The van der Waals surface area contributed by atoms with Crippen LogP contribution in [0.4, 0.5) is 5.69 Å². The molecule has 1 aromatic carbocycles. The molecule has 1 aliphatic carbocycles. The third kappa shape index (κ3) is 3.16. The molecule has 1 amide bonds. The summed E-state index contributed by atoms with van der Waals surface area (Å²) in [4.78, 5) is 12.9. The summed E-state index contributed by atoms with van der Waals surface area (Å²) in [6.45, 7) is 1.97. The minimum atomic E-state index is -0.319. The number of rotatable bonds is 2. The molecule has 1 saturated heterocycles. The number of hydrogen-bond donors (Lipinski definition) is 1. The van der Waals surface area contributed by atoms with E-state index in [2.05, 4.69) is 5.32 Å². The average molecular weight is 449 g/mol. The molecule has 138 valence electrons. The summed E-state index contributed by atoms with van der Waals surface area (Å²) in [5, 5.41) is 3.81. The van der Waals surface area contributed by atoms with Gasteiger partial charge in [-0.1, -0.05) is 34.8 Å². The Labute approximate surface area is 175 Å². The highest BCUT2D eigenvalue weighted by molar-refractivity contribution is 8.20. The fraction of sp³-hybridized carbons (Fsp3) is 0.389. The Morgan fingerprint density at radius 3 is 2.58 bits per heavy atom. The minimum Gasteiger partial charge on any atom is -0.455 e. The zero-order valence-electron chi connectivity index (χ0n) is 14.0. The van der Waals surface area contributed by atoms with Crippen LogP contribution in [0.15, 0.2) is 16.5 Å². The van der Waals surface area contributed by atoms with Crippen molar-refractivity contribution in [2.45, 2.75) is 30.3 Å². The summed E-state index contributed by atoms with van der Waals surface area (Å²) in [5.41, 5.74) is 2.55. The average Bonchev–Trinajstić information content (AvgIpc) is 3.19. The maximum atomic E-state index is 12.9. The van der Waals surface area contributed by atoms with Gasteiger partial charge in [0.15, 0.2) is 5.76 Å². The predicted molar refractivity (Wildman–Crippen MR) is 112 cm³/mol. The van der Waals surface area contributed by atoms with E-state index in [9.17, 15) is 4.79 Å². The van der Waals surface area contributed by atoms with E-state index in [1.165, 1.54) is 11.6 Å². The molecule has 2 heterocycles. The van der Waals surface area contributed by atoms with Crippen LogP contribution in [0.25, 0.3) is 0 Å². The first kappa shape index (κ1) is 18.9. The zero-order valence-corrected chi connectivity index (χ0v) is 17.9. The molecule has 1 fully saturated rings. The standard InChI is InChI=1S/C18H16Cl3NO2S2/c1-9-15-14(3-2-4-18(15)25-5-6-26-18)24-16(9)17(23)22-13-8-11(20)10(19)7-12(13)21/h7-8H,2-6H2,1H3,(H,22,23). The van der Waals surface area contributed by atoms with Crippen molar-refractivity contribution in [2.75, 3.05) is 16.8 Å². The number of aryl methyl sites for hydroxylation is 1. The van der Waals surface area contributed by atoms with Crippen molar-refractivity contribution in [2.24, 2.45) is 0 Å². The Kier molecular flexibility index (Phi) is 5.21. The van der Waals surface area contributed by atoms with E-state index in [-0.39, 0.29) is 9.99 Å². The summed E-state index contributed by atoms with van der Waals surface area (Å²) in [5.74, 6) is 3.25. The number of halogens is 3. The van der Waals surface area contributed by atoms with Gasteiger partial charge in [-0.05, 0) is 31.9 Å². The Bertz CT molecular complexity index is 891. The van der Waals surface area contributed by atoms with Gasteiger partial charge in [0.25, 0.3) is 5.91 Å². The lowest BCUT2D eigenvalue weighted by Gasteiger charge is -2.31. The summed E-state index contributed by atoms with van der Waals surface area (Å²) in [6, 6.07) is 3.06. The number of hydrogen-bond acceptors (Lipinski definition) is 4. The van der Waals surface area contributed by atoms with Crippen molar-refractivity contribution < 1.29 is 9.21 Å². The Morgan fingerprint density at radius 1 is 1.15 bits per heavy atom. The van der Waals surface area contributed by atoms with Gasteiger partial charge in [-0.15, -0.1) is 23.5 Å². The lowest BCUT2D eigenvalue weighted by Crippen LogP contribution is -2.21. The molecule has 2 aliphatic rings. The van der Waals surface area contributed by atoms with Crippen LogP contribution < -0.4 is 5.32 Å². The van der Waals surface area contributed by atoms with Crippen LogP contribution in [0.5, 0.6) is 0 Å². The molecule has 4 rings (SSSR count). The van der Waals surface area contributed by atoms with Crippen molar-refractivity contribution in [1.29, 1.82) is 0 Å². The van der Waals surface area contributed by atoms with E-state index in [0.29, 0.717) is 26.5 Å². The van der Waals surface area contributed by atoms with Gasteiger partial charge in [0.2, 0.25) is 0 Å². The van der Waals surface area contributed by atoms with Crippen LogP contribution in [0.1, 0.15) is 40.3 Å². The topological polar surface area (TPSA) is 42.2 Å². The number of carbonyl (C=O) groups excluding carboxylic acids is 1. The van der Waals surface area contributed by atoms with Crippen LogP contribution in [-0.4, -0.2) is 17.4 Å². The number of furan rings is 1. The lowest BCUT2D eigenvalue weighted by atomic mass is 9.94. The van der Waals surface area contributed by atoms with Crippen LogP contribution in [-0.2, 0) is 10.5 Å². The Morgan fingerprint density at radius 2 is 1.85 bits per heavy atom. The second-order valence-electron chi connectivity index (χ2n) is 6.36. The number of benzene rings is 1.